The van der Waals surface area contributed by atoms with Gasteiger partial charge in [0, 0.05) is 0 Å². The van der Waals surface area contributed by atoms with Crippen LogP contribution in [0, 0.1) is 6.92 Å². The van der Waals surface area contributed by atoms with Crippen molar-refractivity contribution < 1.29 is 0 Å². The Labute approximate surface area is 143 Å². The minimum Gasteiger partial charge on any atom is -0.100 e. The van der Waals surface area contributed by atoms with E-state index in [-0.39, 0.29) is 0 Å². The van der Waals surface area contributed by atoms with Gasteiger partial charge in [-0.05, 0) is 20.3 Å². The second-order valence-electron chi connectivity index (χ2n) is 4.67. The molecule has 0 saturated carbocycles. The van der Waals surface area contributed by atoms with Gasteiger partial charge in [-0.1, -0.05) is 116 Å². The molecular weight excluding hydrogens is 264 g/mol. The molecule has 1 aromatic rings. The molecule has 0 heterocycles. The summed E-state index contributed by atoms with van der Waals surface area (Å²) in [4.78, 5) is 0. The summed E-state index contributed by atoms with van der Waals surface area (Å²) in [6.45, 7) is 22.3. The lowest BCUT2D eigenvalue weighted by Crippen LogP contribution is -1.66. The zero-order chi connectivity index (χ0) is 18.2. The van der Waals surface area contributed by atoms with Gasteiger partial charge in [-0.3, -0.25) is 0 Å². The molecule has 0 radical (unpaired) electrons. The maximum absolute atomic E-state index is 3.67. The Morgan fingerprint density at radius 1 is 0.818 bits per heavy atom. The van der Waals surface area contributed by atoms with Gasteiger partial charge in [0.05, 0.1) is 0 Å². The van der Waals surface area contributed by atoms with E-state index in [1.807, 2.05) is 52.8 Å². The van der Waals surface area contributed by atoms with Gasteiger partial charge in [0.1, 0.15) is 0 Å². The Kier molecular flexibility index (Phi) is 42.3. The van der Waals surface area contributed by atoms with Crippen molar-refractivity contribution in [2.45, 2.75) is 94.4 Å². The molecule has 0 fully saturated rings. The van der Waals surface area contributed by atoms with Crippen molar-refractivity contribution >= 4 is 0 Å². The lowest BCUT2D eigenvalue weighted by atomic mass is 10.2. The van der Waals surface area contributed by atoms with Crippen LogP contribution in [0.5, 0.6) is 0 Å². The van der Waals surface area contributed by atoms with Gasteiger partial charge in [-0.2, -0.15) is 0 Å². The van der Waals surface area contributed by atoms with Gasteiger partial charge >= 0.3 is 0 Å². The van der Waals surface area contributed by atoms with Crippen molar-refractivity contribution in [2.24, 2.45) is 0 Å². The highest BCUT2D eigenvalue weighted by Crippen LogP contribution is 1.95. The summed E-state index contributed by atoms with van der Waals surface area (Å²) >= 11 is 0. The van der Waals surface area contributed by atoms with Crippen LogP contribution in [0.4, 0.5) is 0 Å². The van der Waals surface area contributed by atoms with Crippen LogP contribution in [-0.4, -0.2) is 0 Å². The normalized spacial score (nSPS) is 7.50. The van der Waals surface area contributed by atoms with E-state index in [0.717, 1.165) is 6.42 Å². The van der Waals surface area contributed by atoms with Crippen LogP contribution >= 0.6 is 0 Å². The summed E-state index contributed by atoms with van der Waals surface area (Å²) in [5, 5.41) is 0. The predicted molar refractivity (Wildman–Crippen MR) is 109 cm³/mol. The van der Waals surface area contributed by atoms with E-state index in [1.165, 1.54) is 36.8 Å². The molecule has 0 aliphatic heterocycles. The van der Waals surface area contributed by atoms with E-state index in [0.29, 0.717) is 0 Å². The first-order chi connectivity index (χ1) is 10.6. The van der Waals surface area contributed by atoms with Gasteiger partial charge in [0.2, 0.25) is 0 Å². The molecule has 0 aliphatic rings. The molecule has 0 nitrogen and oxygen atoms in total. The van der Waals surface area contributed by atoms with E-state index < -0.39 is 0 Å². The molecule has 0 bridgehead atoms. The maximum atomic E-state index is 3.67. The first-order valence-electron chi connectivity index (χ1n) is 9.24. The van der Waals surface area contributed by atoms with Crippen molar-refractivity contribution in [1.29, 1.82) is 0 Å². The highest BCUT2D eigenvalue weighted by molar-refractivity contribution is 5.11. The molecule has 22 heavy (non-hydrogen) atoms. The third-order valence-electron chi connectivity index (χ3n) is 2.50. The third-order valence-corrected chi connectivity index (χ3v) is 2.50. The monoisotopic (exact) mass is 308 g/mol. The molecule has 0 heteroatoms. The van der Waals surface area contributed by atoms with Crippen LogP contribution in [0.3, 0.4) is 0 Å². The summed E-state index contributed by atoms with van der Waals surface area (Å²) in [7, 11) is 0. The Bertz CT molecular complexity index is 255. The number of hydrogen-bond acceptors (Lipinski definition) is 0. The first-order valence-corrected chi connectivity index (χ1v) is 9.24. The minimum atomic E-state index is 1.11. The number of aryl methyl sites for hydroxylation is 1. The lowest BCUT2D eigenvalue weighted by Gasteiger charge is -1.86. The van der Waals surface area contributed by atoms with Crippen LogP contribution < -0.4 is 0 Å². The number of hydrogen-bond donors (Lipinski definition) is 0. The summed E-state index contributed by atoms with van der Waals surface area (Å²) < 4.78 is 0. The van der Waals surface area contributed by atoms with Crippen LogP contribution in [0.2, 0.25) is 0 Å². The van der Waals surface area contributed by atoms with Crippen molar-refractivity contribution in [3.8, 4) is 0 Å². The number of unbranched alkanes of at least 4 members (excludes halogenated alkanes) is 3. The maximum Gasteiger partial charge on any atom is -0.0354 e. The molecular formula is C22H44. The zero-order valence-corrected chi connectivity index (χ0v) is 17.1. The van der Waals surface area contributed by atoms with Crippen LogP contribution in [-0.2, 0) is 0 Å². The van der Waals surface area contributed by atoms with Gasteiger partial charge in [-0.25, -0.2) is 0 Å². The fourth-order valence-electron chi connectivity index (χ4n) is 1.03. The fourth-order valence-corrected chi connectivity index (χ4v) is 1.03. The van der Waals surface area contributed by atoms with E-state index in [4.69, 9.17) is 0 Å². The van der Waals surface area contributed by atoms with Crippen molar-refractivity contribution in [2.75, 3.05) is 0 Å². The quantitative estimate of drug-likeness (QED) is 0.386. The van der Waals surface area contributed by atoms with E-state index in [2.05, 4.69) is 46.4 Å². The topological polar surface area (TPSA) is 0 Å². The Hall–Kier alpha value is -1.04. The molecule has 132 valence electrons. The van der Waals surface area contributed by atoms with Gasteiger partial charge in [0.25, 0.3) is 0 Å². The third kappa shape index (κ3) is 42.8. The second-order valence-corrected chi connectivity index (χ2v) is 4.67. The Morgan fingerprint density at radius 2 is 1.14 bits per heavy atom. The molecule has 0 saturated heterocycles. The summed E-state index contributed by atoms with van der Waals surface area (Å²) in [6, 6.07) is 10.3. The van der Waals surface area contributed by atoms with E-state index in [9.17, 15) is 0 Å². The Morgan fingerprint density at radius 3 is 1.27 bits per heavy atom. The van der Waals surface area contributed by atoms with Crippen LogP contribution in [0.25, 0.3) is 0 Å². The van der Waals surface area contributed by atoms with Crippen molar-refractivity contribution in [3.63, 3.8) is 0 Å². The van der Waals surface area contributed by atoms with Gasteiger partial charge in [-0.15, -0.1) is 6.58 Å². The number of allylic oxidation sites excluding steroid dienone is 1. The Balaban J connectivity index is -0.000000100. The summed E-state index contributed by atoms with van der Waals surface area (Å²) in [5.74, 6) is 0. The predicted octanol–water partition coefficient (Wildman–Crippen LogP) is 8.61. The van der Waals surface area contributed by atoms with Crippen LogP contribution in [0.1, 0.15) is 93.1 Å². The SMILES string of the molecule is C=C(C)CC.CC.CC.CCCCCC.Cc1ccccc1. The number of rotatable bonds is 4. The molecule has 0 amide bonds. The smallest absolute Gasteiger partial charge is 0.0354 e. The average Bonchev–Trinajstić information content (AvgIpc) is 2.58. The lowest BCUT2D eigenvalue weighted by molar-refractivity contribution is 0.702. The molecule has 0 unspecified atom stereocenters. The zero-order valence-electron chi connectivity index (χ0n) is 17.1. The molecule has 0 spiro atoms. The largest absolute Gasteiger partial charge is 0.100 e. The second kappa shape index (κ2) is 32.1. The molecule has 0 aliphatic carbocycles. The summed E-state index contributed by atoms with van der Waals surface area (Å²) in [6.07, 6.45) is 6.65. The van der Waals surface area contributed by atoms with Gasteiger partial charge < -0.3 is 0 Å². The van der Waals surface area contributed by atoms with Crippen LogP contribution in [0.15, 0.2) is 42.5 Å². The molecule has 0 N–H and O–H groups in total. The van der Waals surface area contributed by atoms with Crippen molar-refractivity contribution in [3.05, 3.63) is 48.0 Å². The minimum absolute atomic E-state index is 1.11. The van der Waals surface area contributed by atoms with E-state index >= 15 is 0 Å². The molecule has 1 aromatic carbocycles. The highest BCUT2D eigenvalue weighted by Gasteiger charge is 1.75. The standard InChI is InChI=1S/C7H8.C6H14.C5H10.2C2H6/c1-7-5-3-2-4-6-7;1-3-5-6-4-2;1-4-5(2)3;2*1-2/h2-6H,1H3;3-6H2,1-2H3;2,4H2,1,3H3;2*1-2H3. The van der Waals surface area contributed by atoms with Crippen molar-refractivity contribution in [1.82, 2.24) is 0 Å². The molecule has 0 atom stereocenters. The fraction of sp³-hybridized carbons (Fsp3) is 0.636. The first kappa shape index (κ1) is 29.0. The van der Waals surface area contributed by atoms with E-state index in [1.54, 1.807) is 0 Å². The molecule has 1 rings (SSSR count). The molecule has 0 aromatic heterocycles. The highest BCUT2D eigenvalue weighted by atomic mass is 13.8. The average molecular weight is 309 g/mol. The summed E-state index contributed by atoms with van der Waals surface area (Å²) in [5.41, 5.74) is 2.58. The van der Waals surface area contributed by atoms with Gasteiger partial charge in [0.15, 0.2) is 0 Å². The number of benzene rings is 1.